The number of para-hydroxylation sites is 1. The predicted octanol–water partition coefficient (Wildman–Crippen LogP) is 5.62. The second kappa shape index (κ2) is 12.7. The number of hydrogen-bond donors (Lipinski definition) is 2. The number of aliphatic carboxylic acids is 1. The molecule has 11 nitrogen and oxygen atoms in total. The van der Waals surface area contributed by atoms with Crippen LogP contribution in [0.4, 0.5) is 4.79 Å². The zero-order valence-electron chi connectivity index (χ0n) is 25.5. The van der Waals surface area contributed by atoms with Gasteiger partial charge in [0.2, 0.25) is 6.79 Å². The number of carboxylic acid groups (broad SMARTS) is 1. The van der Waals surface area contributed by atoms with E-state index in [1.165, 1.54) is 11.0 Å². The van der Waals surface area contributed by atoms with Gasteiger partial charge >= 0.3 is 12.0 Å². The number of carbonyl (C=O) groups is 4. The molecule has 0 aliphatic carbocycles. The van der Waals surface area contributed by atoms with E-state index in [1.54, 1.807) is 44.2 Å². The first-order valence-electron chi connectivity index (χ1n) is 14.6. The maximum absolute atomic E-state index is 13.9. The van der Waals surface area contributed by atoms with E-state index in [2.05, 4.69) is 5.32 Å². The summed E-state index contributed by atoms with van der Waals surface area (Å²) in [7, 11) is 0. The van der Waals surface area contributed by atoms with Crippen molar-refractivity contribution >= 4 is 23.8 Å². The quantitative estimate of drug-likeness (QED) is 0.210. The van der Waals surface area contributed by atoms with E-state index in [-0.39, 0.29) is 25.0 Å². The number of nitrogens with one attached hydrogen (secondary N) is 1. The largest absolute Gasteiger partial charge is 0.481 e. The molecule has 3 aromatic rings. The molecule has 0 bridgehead atoms. The number of amides is 4. The van der Waals surface area contributed by atoms with Crippen molar-refractivity contribution < 1.29 is 38.5 Å². The van der Waals surface area contributed by atoms with Gasteiger partial charge in [0.1, 0.15) is 22.7 Å². The summed E-state index contributed by atoms with van der Waals surface area (Å²) in [5, 5.41) is 12.3. The fraction of sp³-hybridized carbons (Fsp3) is 0.294. The van der Waals surface area contributed by atoms with E-state index in [1.807, 2.05) is 56.3 Å². The zero-order chi connectivity index (χ0) is 32.3. The second-order valence-corrected chi connectivity index (χ2v) is 11.7. The van der Waals surface area contributed by atoms with Crippen molar-refractivity contribution in [2.45, 2.75) is 52.2 Å². The van der Waals surface area contributed by atoms with Crippen LogP contribution in [0.3, 0.4) is 0 Å². The first kappa shape index (κ1) is 31.1. The topological polar surface area (TPSA) is 135 Å². The van der Waals surface area contributed by atoms with Gasteiger partial charge in [-0.15, -0.1) is 0 Å². The minimum absolute atomic E-state index is 0.0348. The Kier molecular flexibility index (Phi) is 8.80. The van der Waals surface area contributed by atoms with Gasteiger partial charge in [0.25, 0.3) is 11.8 Å². The standard InChI is InChI=1S/C34H35N3O8/c1-21(2)16-27(31(40)35-26(18-30(38)39)23-12-15-28-29(17-23)44-20-43-28)37-32(41)34(3,4)36(33(37)42)19-22-10-13-25(14-11-22)45-24-8-6-5-7-9-24/h5-17,21,26H,18-20H2,1-4H3,(H,35,40)(H,38,39)/b27-16+/t26-/m1/s1. The van der Waals surface area contributed by atoms with Crippen LogP contribution in [-0.4, -0.2) is 51.1 Å². The number of urea groups is 1. The molecule has 0 spiro atoms. The Morgan fingerprint density at radius 3 is 2.31 bits per heavy atom. The van der Waals surface area contributed by atoms with Gasteiger partial charge in [-0.1, -0.05) is 56.3 Å². The average Bonchev–Trinajstić information content (AvgIpc) is 3.53. The highest BCUT2D eigenvalue weighted by molar-refractivity contribution is 6.13. The molecule has 0 aromatic heterocycles. The lowest BCUT2D eigenvalue weighted by Crippen LogP contribution is -2.44. The number of carbonyl (C=O) groups excluding carboxylic acids is 3. The molecule has 0 unspecified atom stereocenters. The molecule has 11 heteroatoms. The van der Waals surface area contributed by atoms with E-state index < -0.39 is 41.8 Å². The maximum Gasteiger partial charge on any atom is 0.332 e. The van der Waals surface area contributed by atoms with Gasteiger partial charge in [0, 0.05) is 6.54 Å². The van der Waals surface area contributed by atoms with Gasteiger partial charge in [-0.05, 0) is 67.3 Å². The van der Waals surface area contributed by atoms with Crippen LogP contribution < -0.4 is 19.5 Å². The summed E-state index contributed by atoms with van der Waals surface area (Å²) in [6.07, 6.45) is 1.09. The molecule has 5 rings (SSSR count). The summed E-state index contributed by atoms with van der Waals surface area (Å²) in [6.45, 7) is 7.03. The number of fused-ring (bicyclic) bond motifs is 1. The molecule has 1 saturated heterocycles. The fourth-order valence-corrected chi connectivity index (χ4v) is 5.14. The minimum atomic E-state index is -1.27. The molecule has 0 saturated carbocycles. The number of benzene rings is 3. The van der Waals surface area contributed by atoms with Crippen LogP contribution in [0.15, 0.2) is 84.6 Å². The van der Waals surface area contributed by atoms with Crippen LogP contribution in [0.25, 0.3) is 0 Å². The number of nitrogens with zero attached hydrogens (tertiary/aromatic N) is 2. The molecule has 3 aromatic carbocycles. The number of allylic oxidation sites excluding steroid dienone is 1. The molecular weight excluding hydrogens is 578 g/mol. The van der Waals surface area contributed by atoms with Gasteiger partial charge in [-0.3, -0.25) is 14.4 Å². The Bertz CT molecular complexity index is 1630. The molecule has 2 N–H and O–H groups in total. The van der Waals surface area contributed by atoms with Gasteiger partial charge in [0.05, 0.1) is 12.5 Å². The van der Waals surface area contributed by atoms with Crippen LogP contribution in [0, 0.1) is 5.92 Å². The van der Waals surface area contributed by atoms with Gasteiger partial charge < -0.3 is 29.5 Å². The van der Waals surface area contributed by atoms with Crippen molar-refractivity contribution in [3.63, 3.8) is 0 Å². The third-order valence-electron chi connectivity index (χ3n) is 7.51. The summed E-state index contributed by atoms with van der Waals surface area (Å²) in [4.78, 5) is 55.6. The lowest BCUT2D eigenvalue weighted by molar-refractivity contribution is -0.138. The third-order valence-corrected chi connectivity index (χ3v) is 7.51. The van der Waals surface area contributed by atoms with E-state index in [4.69, 9.17) is 14.2 Å². The Morgan fingerprint density at radius 1 is 0.978 bits per heavy atom. The van der Waals surface area contributed by atoms with Crippen molar-refractivity contribution in [3.05, 3.63) is 95.7 Å². The Labute approximate surface area is 261 Å². The molecule has 0 radical (unpaired) electrons. The number of hydrogen-bond acceptors (Lipinski definition) is 7. The Hall–Kier alpha value is -5.32. The molecule has 1 atom stereocenters. The molecule has 234 valence electrons. The smallest absolute Gasteiger partial charge is 0.332 e. The number of imide groups is 1. The van der Waals surface area contributed by atoms with Crippen molar-refractivity contribution in [2.24, 2.45) is 5.92 Å². The van der Waals surface area contributed by atoms with E-state index in [0.717, 1.165) is 10.5 Å². The first-order chi connectivity index (χ1) is 21.4. The molecule has 2 aliphatic rings. The highest BCUT2D eigenvalue weighted by atomic mass is 16.7. The number of ether oxygens (including phenoxy) is 3. The van der Waals surface area contributed by atoms with Crippen LogP contribution >= 0.6 is 0 Å². The fourth-order valence-electron chi connectivity index (χ4n) is 5.14. The first-order valence-corrected chi connectivity index (χ1v) is 14.6. The maximum atomic E-state index is 13.9. The van der Waals surface area contributed by atoms with Crippen molar-refractivity contribution in [2.75, 3.05) is 6.79 Å². The lowest BCUT2D eigenvalue weighted by atomic mass is 10.0. The Morgan fingerprint density at radius 2 is 1.64 bits per heavy atom. The highest BCUT2D eigenvalue weighted by Crippen LogP contribution is 2.36. The lowest BCUT2D eigenvalue weighted by Gasteiger charge is -2.27. The SMILES string of the molecule is CC(C)/C=C(\C(=O)N[C@H](CC(=O)O)c1ccc2c(c1)OCO2)N1C(=O)N(Cc2ccc(Oc3ccccc3)cc2)C(C)(C)C1=O. The second-order valence-electron chi connectivity index (χ2n) is 11.7. The molecular formula is C34H35N3O8. The average molecular weight is 614 g/mol. The van der Waals surface area contributed by atoms with E-state index >= 15 is 0 Å². The number of carboxylic acids is 1. The van der Waals surface area contributed by atoms with Crippen molar-refractivity contribution in [1.29, 1.82) is 0 Å². The molecule has 2 aliphatic heterocycles. The summed E-state index contributed by atoms with van der Waals surface area (Å²) in [6, 6.07) is 19.8. The van der Waals surface area contributed by atoms with Gasteiger partial charge in [-0.25, -0.2) is 9.69 Å². The highest BCUT2D eigenvalue weighted by Gasteiger charge is 2.53. The third kappa shape index (κ3) is 6.77. The summed E-state index contributed by atoms with van der Waals surface area (Å²) in [5.41, 5.74) is -0.211. The summed E-state index contributed by atoms with van der Waals surface area (Å²) in [5.74, 6) is -0.449. The molecule has 45 heavy (non-hydrogen) atoms. The predicted molar refractivity (Wildman–Crippen MR) is 163 cm³/mol. The summed E-state index contributed by atoms with van der Waals surface area (Å²) >= 11 is 0. The van der Waals surface area contributed by atoms with E-state index in [9.17, 15) is 24.3 Å². The van der Waals surface area contributed by atoms with Crippen molar-refractivity contribution in [1.82, 2.24) is 15.1 Å². The summed E-state index contributed by atoms with van der Waals surface area (Å²) < 4.78 is 16.6. The normalized spacial score (nSPS) is 16.2. The van der Waals surface area contributed by atoms with Gasteiger partial charge in [-0.2, -0.15) is 0 Å². The van der Waals surface area contributed by atoms with Gasteiger partial charge in [0.15, 0.2) is 11.5 Å². The van der Waals surface area contributed by atoms with Crippen LogP contribution in [0.2, 0.25) is 0 Å². The van der Waals surface area contributed by atoms with Crippen LogP contribution in [0.5, 0.6) is 23.0 Å². The molecule has 4 amide bonds. The van der Waals surface area contributed by atoms with Crippen LogP contribution in [-0.2, 0) is 20.9 Å². The molecule has 1 fully saturated rings. The van der Waals surface area contributed by atoms with Crippen LogP contribution in [0.1, 0.15) is 51.3 Å². The van der Waals surface area contributed by atoms with Crippen molar-refractivity contribution in [3.8, 4) is 23.0 Å². The monoisotopic (exact) mass is 613 g/mol. The Balaban J connectivity index is 1.37. The zero-order valence-corrected chi connectivity index (χ0v) is 25.5. The minimum Gasteiger partial charge on any atom is -0.481 e. The number of rotatable bonds is 11. The molecule has 2 heterocycles. The van der Waals surface area contributed by atoms with E-state index in [0.29, 0.717) is 28.6 Å².